The number of ether oxygens (including phenoxy) is 2. The van der Waals surface area contributed by atoms with Gasteiger partial charge in [0.25, 0.3) is 0 Å². The zero-order valence-corrected chi connectivity index (χ0v) is 13.0. The lowest BCUT2D eigenvalue weighted by atomic mass is 9.85. The van der Waals surface area contributed by atoms with Crippen LogP contribution in [-0.4, -0.2) is 47.6 Å². The maximum absolute atomic E-state index is 5.94. The van der Waals surface area contributed by atoms with E-state index in [1.165, 1.54) is 0 Å². The van der Waals surface area contributed by atoms with Gasteiger partial charge in [0.05, 0.1) is 36.2 Å². The SMILES string of the molecule is CC1(C)OB(c2cnc(OC3CCOC3)cn2)OC1(C)C. The van der Waals surface area contributed by atoms with Gasteiger partial charge >= 0.3 is 7.12 Å². The van der Waals surface area contributed by atoms with Crippen LogP contribution in [0.1, 0.15) is 34.1 Å². The lowest BCUT2D eigenvalue weighted by molar-refractivity contribution is 0.00578. The molecule has 1 aromatic heterocycles. The molecule has 3 rings (SSSR count). The van der Waals surface area contributed by atoms with E-state index in [1.807, 2.05) is 27.7 Å². The molecule has 6 nitrogen and oxygen atoms in total. The van der Waals surface area contributed by atoms with Gasteiger partial charge in [-0.2, -0.15) is 0 Å². The van der Waals surface area contributed by atoms with Crippen molar-refractivity contribution in [1.82, 2.24) is 9.97 Å². The van der Waals surface area contributed by atoms with Gasteiger partial charge in [-0.15, -0.1) is 0 Å². The summed E-state index contributed by atoms with van der Waals surface area (Å²) in [7, 11) is -0.494. The fourth-order valence-electron chi connectivity index (χ4n) is 2.25. The Morgan fingerprint density at radius 2 is 1.86 bits per heavy atom. The van der Waals surface area contributed by atoms with Crippen molar-refractivity contribution in [3.8, 4) is 5.88 Å². The monoisotopic (exact) mass is 292 g/mol. The van der Waals surface area contributed by atoms with Crippen LogP contribution in [0, 0.1) is 0 Å². The molecule has 3 heterocycles. The third-order valence-electron chi connectivity index (χ3n) is 4.32. The van der Waals surface area contributed by atoms with Crippen molar-refractivity contribution in [2.24, 2.45) is 0 Å². The summed E-state index contributed by atoms with van der Waals surface area (Å²) in [5.74, 6) is 0.505. The van der Waals surface area contributed by atoms with Crippen LogP contribution in [0.3, 0.4) is 0 Å². The molecule has 2 fully saturated rings. The van der Waals surface area contributed by atoms with E-state index in [-0.39, 0.29) is 17.3 Å². The normalized spacial score (nSPS) is 27.0. The van der Waals surface area contributed by atoms with E-state index in [2.05, 4.69) is 9.97 Å². The molecule has 0 bridgehead atoms. The number of hydrogen-bond acceptors (Lipinski definition) is 6. The van der Waals surface area contributed by atoms with E-state index in [0.717, 1.165) is 13.0 Å². The van der Waals surface area contributed by atoms with Gasteiger partial charge in [0, 0.05) is 12.6 Å². The summed E-state index contributed by atoms with van der Waals surface area (Å²) in [6.45, 7) is 9.40. The quantitative estimate of drug-likeness (QED) is 0.773. The highest BCUT2D eigenvalue weighted by Gasteiger charge is 2.52. The van der Waals surface area contributed by atoms with Crippen LogP contribution in [0.2, 0.25) is 0 Å². The largest absolute Gasteiger partial charge is 0.516 e. The predicted molar refractivity (Wildman–Crippen MR) is 77.6 cm³/mol. The molecule has 0 amide bonds. The summed E-state index contributed by atoms with van der Waals surface area (Å²) in [4.78, 5) is 8.64. The van der Waals surface area contributed by atoms with E-state index in [1.54, 1.807) is 12.4 Å². The van der Waals surface area contributed by atoms with Crippen LogP contribution in [0.15, 0.2) is 12.4 Å². The Morgan fingerprint density at radius 1 is 1.14 bits per heavy atom. The van der Waals surface area contributed by atoms with Gasteiger partial charge in [-0.25, -0.2) is 4.98 Å². The van der Waals surface area contributed by atoms with Gasteiger partial charge in [-0.3, -0.25) is 4.98 Å². The molecule has 2 aliphatic heterocycles. The minimum absolute atomic E-state index is 0.0713. The summed E-state index contributed by atoms with van der Waals surface area (Å²) < 4.78 is 22.8. The Kier molecular flexibility index (Phi) is 3.67. The lowest BCUT2D eigenvalue weighted by Crippen LogP contribution is -2.41. The molecule has 1 unspecified atom stereocenters. The van der Waals surface area contributed by atoms with Crippen molar-refractivity contribution >= 4 is 12.7 Å². The molecule has 2 saturated heterocycles. The highest BCUT2D eigenvalue weighted by Crippen LogP contribution is 2.36. The minimum atomic E-state index is -0.494. The van der Waals surface area contributed by atoms with E-state index in [9.17, 15) is 0 Å². The smallest absolute Gasteiger partial charge is 0.471 e. The highest BCUT2D eigenvalue weighted by atomic mass is 16.7. The second kappa shape index (κ2) is 5.23. The Morgan fingerprint density at radius 3 is 2.38 bits per heavy atom. The van der Waals surface area contributed by atoms with Gasteiger partial charge in [-0.05, 0) is 27.7 Å². The van der Waals surface area contributed by atoms with Crippen molar-refractivity contribution in [2.45, 2.75) is 51.4 Å². The Labute approximate surface area is 125 Å². The maximum Gasteiger partial charge on any atom is 0.516 e. The predicted octanol–water partition coefficient (Wildman–Crippen LogP) is 0.943. The fourth-order valence-corrected chi connectivity index (χ4v) is 2.25. The summed E-state index contributed by atoms with van der Waals surface area (Å²) in [6.07, 6.45) is 4.22. The topological polar surface area (TPSA) is 62.7 Å². The van der Waals surface area contributed by atoms with Crippen LogP contribution in [0.5, 0.6) is 5.88 Å². The molecule has 0 saturated carbocycles. The number of rotatable bonds is 3. The summed E-state index contributed by atoms with van der Waals surface area (Å²) >= 11 is 0. The lowest BCUT2D eigenvalue weighted by Gasteiger charge is -2.32. The summed E-state index contributed by atoms with van der Waals surface area (Å²) in [6, 6.07) is 0. The molecular weight excluding hydrogens is 271 g/mol. The number of hydrogen-bond donors (Lipinski definition) is 0. The molecule has 1 aromatic rings. The molecular formula is C14H21BN2O4. The fraction of sp³-hybridized carbons (Fsp3) is 0.714. The Hall–Kier alpha value is -1.18. The van der Waals surface area contributed by atoms with Crippen LogP contribution in [0.25, 0.3) is 0 Å². The van der Waals surface area contributed by atoms with E-state index in [0.29, 0.717) is 18.1 Å². The van der Waals surface area contributed by atoms with Crippen LogP contribution in [0.4, 0.5) is 0 Å². The van der Waals surface area contributed by atoms with Crippen LogP contribution >= 0.6 is 0 Å². The van der Waals surface area contributed by atoms with E-state index >= 15 is 0 Å². The average molecular weight is 292 g/mol. The minimum Gasteiger partial charge on any atom is -0.471 e. The molecule has 0 aliphatic carbocycles. The maximum atomic E-state index is 5.94. The number of nitrogens with zero attached hydrogens (tertiary/aromatic N) is 2. The van der Waals surface area contributed by atoms with Gasteiger partial charge in [0.2, 0.25) is 5.88 Å². The third-order valence-corrected chi connectivity index (χ3v) is 4.32. The van der Waals surface area contributed by atoms with Gasteiger partial charge < -0.3 is 18.8 Å². The van der Waals surface area contributed by atoms with Gasteiger partial charge in [0.1, 0.15) is 6.10 Å². The standard InChI is InChI=1S/C14H21BN2O4/c1-13(2)14(3,4)21-15(20-13)11-7-17-12(8-16-11)19-10-5-6-18-9-10/h7-8,10H,5-6,9H2,1-4H3. The summed E-state index contributed by atoms with van der Waals surface area (Å²) in [5.41, 5.74) is -0.102. The molecule has 1 atom stereocenters. The zero-order chi connectivity index (χ0) is 15.1. The van der Waals surface area contributed by atoms with Crippen LogP contribution in [-0.2, 0) is 14.0 Å². The van der Waals surface area contributed by atoms with E-state index in [4.69, 9.17) is 18.8 Å². The highest BCUT2D eigenvalue weighted by molar-refractivity contribution is 6.61. The molecule has 2 aliphatic rings. The van der Waals surface area contributed by atoms with Crippen LogP contribution < -0.4 is 10.3 Å². The zero-order valence-electron chi connectivity index (χ0n) is 13.0. The number of aromatic nitrogens is 2. The van der Waals surface area contributed by atoms with E-state index < -0.39 is 7.12 Å². The second-order valence-corrected chi connectivity index (χ2v) is 6.47. The summed E-state index contributed by atoms with van der Waals surface area (Å²) in [5, 5.41) is 0. The first-order valence-corrected chi connectivity index (χ1v) is 7.29. The van der Waals surface area contributed by atoms with Crippen molar-refractivity contribution in [3.63, 3.8) is 0 Å². The van der Waals surface area contributed by atoms with Crippen molar-refractivity contribution in [2.75, 3.05) is 13.2 Å². The first kappa shape index (κ1) is 14.7. The average Bonchev–Trinajstić information content (AvgIpc) is 2.97. The first-order chi connectivity index (χ1) is 9.87. The molecule has 114 valence electrons. The van der Waals surface area contributed by atoms with Crippen molar-refractivity contribution in [1.29, 1.82) is 0 Å². The third kappa shape index (κ3) is 2.91. The molecule has 0 aromatic carbocycles. The van der Waals surface area contributed by atoms with Crippen molar-refractivity contribution in [3.05, 3.63) is 12.4 Å². The van der Waals surface area contributed by atoms with Crippen molar-refractivity contribution < 1.29 is 18.8 Å². The molecule has 0 spiro atoms. The van der Waals surface area contributed by atoms with Gasteiger partial charge in [0.15, 0.2) is 0 Å². The molecule has 7 heteroatoms. The molecule has 0 radical (unpaired) electrons. The van der Waals surface area contributed by atoms with Gasteiger partial charge in [-0.1, -0.05) is 0 Å². The molecule has 21 heavy (non-hydrogen) atoms. The second-order valence-electron chi connectivity index (χ2n) is 6.47. The molecule has 0 N–H and O–H groups in total. The Bertz CT molecular complexity index is 484. The Balaban J connectivity index is 1.67. The first-order valence-electron chi connectivity index (χ1n) is 7.29.